The predicted molar refractivity (Wildman–Crippen MR) is 161 cm³/mol. The van der Waals surface area contributed by atoms with Crippen molar-refractivity contribution in [3.05, 3.63) is 0 Å². The summed E-state index contributed by atoms with van der Waals surface area (Å²) in [7, 11) is 6.90. The van der Waals surface area contributed by atoms with Gasteiger partial charge in [-0.2, -0.15) is 0 Å². The Morgan fingerprint density at radius 2 is 0.842 bits per heavy atom. The van der Waals surface area contributed by atoms with E-state index in [-0.39, 0.29) is 0 Å². The van der Waals surface area contributed by atoms with Crippen LogP contribution in [0.15, 0.2) is 0 Å². The van der Waals surface area contributed by atoms with Gasteiger partial charge in [0.1, 0.15) is 0 Å². The minimum absolute atomic E-state index is 0.738. The summed E-state index contributed by atoms with van der Waals surface area (Å²) in [6.07, 6.45) is 11.5. The van der Waals surface area contributed by atoms with Gasteiger partial charge in [0.25, 0.3) is 0 Å². The van der Waals surface area contributed by atoms with Gasteiger partial charge in [-0.3, -0.25) is 24.5 Å². The Labute approximate surface area is 236 Å². The Balaban J connectivity index is 0.000000117. The molecule has 0 radical (unpaired) electrons. The van der Waals surface area contributed by atoms with E-state index in [1.165, 1.54) is 77.5 Å². The summed E-state index contributed by atoms with van der Waals surface area (Å²) in [6.45, 7) is 19.2. The minimum Gasteiger partial charge on any atom is -0.303 e. The minimum atomic E-state index is 0.738. The van der Waals surface area contributed by atoms with Gasteiger partial charge in [0.2, 0.25) is 0 Å². The zero-order valence-electron chi connectivity index (χ0n) is 26.5. The van der Waals surface area contributed by atoms with Crippen molar-refractivity contribution < 1.29 is 0 Å². The van der Waals surface area contributed by atoms with Gasteiger partial charge < -0.3 is 4.90 Å². The third-order valence-electron chi connectivity index (χ3n) is 11.7. The molecule has 8 bridgehead atoms. The van der Waals surface area contributed by atoms with Crippen LogP contribution in [-0.4, -0.2) is 143 Å². The molecule has 0 amide bonds. The van der Waals surface area contributed by atoms with Crippen molar-refractivity contribution in [3.8, 4) is 0 Å². The lowest BCUT2D eigenvalue weighted by Crippen LogP contribution is -2.60. The van der Waals surface area contributed by atoms with Gasteiger partial charge in [0.05, 0.1) is 0 Å². The first-order valence-electron chi connectivity index (χ1n) is 16.5. The van der Waals surface area contributed by atoms with Crippen molar-refractivity contribution in [2.75, 3.05) is 47.3 Å². The van der Waals surface area contributed by atoms with E-state index >= 15 is 0 Å². The van der Waals surface area contributed by atoms with E-state index < -0.39 is 0 Å². The Bertz CT molecular complexity index is 723. The molecule has 7 fully saturated rings. The van der Waals surface area contributed by atoms with Crippen molar-refractivity contribution in [1.29, 1.82) is 0 Å². The quantitative estimate of drug-likeness (QED) is 0.545. The van der Waals surface area contributed by atoms with Crippen LogP contribution in [-0.2, 0) is 0 Å². The molecule has 38 heavy (non-hydrogen) atoms. The first kappa shape index (κ1) is 29.3. The molecule has 0 aromatic carbocycles. The first-order valence-corrected chi connectivity index (χ1v) is 16.5. The number of piperazine rings is 3. The van der Waals surface area contributed by atoms with Gasteiger partial charge in [-0.15, -0.1) is 0 Å². The van der Waals surface area contributed by atoms with Crippen LogP contribution < -0.4 is 0 Å². The lowest BCUT2D eigenvalue weighted by atomic mass is 10.0. The fraction of sp³-hybridized carbons (Fsp3) is 1.00. The van der Waals surface area contributed by atoms with Crippen LogP contribution in [0.4, 0.5) is 0 Å². The van der Waals surface area contributed by atoms with Crippen LogP contribution >= 0.6 is 0 Å². The Hall–Kier alpha value is -0.240. The van der Waals surface area contributed by atoms with Crippen LogP contribution in [0.3, 0.4) is 0 Å². The van der Waals surface area contributed by atoms with Crippen LogP contribution in [0, 0.1) is 0 Å². The van der Waals surface area contributed by atoms with Crippen molar-refractivity contribution in [2.45, 2.75) is 159 Å². The largest absolute Gasteiger partial charge is 0.303 e. The lowest BCUT2D eigenvalue weighted by Gasteiger charge is -2.47. The molecule has 8 unspecified atom stereocenters. The zero-order chi connectivity index (χ0) is 27.3. The summed E-state index contributed by atoms with van der Waals surface area (Å²) in [5, 5.41) is 0. The summed E-state index contributed by atoms with van der Waals surface area (Å²) in [4.78, 5) is 15.9. The maximum atomic E-state index is 2.82. The van der Waals surface area contributed by atoms with Crippen molar-refractivity contribution in [2.24, 2.45) is 0 Å². The summed E-state index contributed by atoms with van der Waals surface area (Å²) >= 11 is 0. The summed E-state index contributed by atoms with van der Waals surface area (Å²) in [5.41, 5.74) is 0. The standard InChI is InChI=1S/C12H22N2.2C10H20N2/c1-8(2)14-11-6-7-12(14)10-5-4-9(11)13(10)3;1-8(2)12-6-9-4-5-10(7-12)11(9)3;1-8(2)12-9-4-5-10(12)7-11(3)6-9/h8-12H,4-7H2,1-3H3;2*8-10H,4-7H2,1-3H3. The van der Waals surface area contributed by atoms with Gasteiger partial charge in [-0.25, -0.2) is 0 Å². The van der Waals surface area contributed by atoms with E-state index in [1.54, 1.807) is 0 Å². The van der Waals surface area contributed by atoms with Crippen molar-refractivity contribution in [1.82, 2.24) is 29.4 Å². The van der Waals surface area contributed by atoms with Crippen LogP contribution in [0.5, 0.6) is 0 Å². The molecule has 6 nitrogen and oxygen atoms in total. The highest BCUT2D eigenvalue weighted by Gasteiger charge is 2.54. The number of fused-ring (bicyclic) bond motifs is 10. The number of hydrogen-bond donors (Lipinski definition) is 0. The van der Waals surface area contributed by atoms with E-state index in [9.17, 15) is 0 Å². The van der Waals surface area contributed by atoms with Crippen LogP contribution in [0.2, 0.25) is 0 Å². The molecule has 7 aliphatic heterocycles. The third-order valence-corrected chi connectivity index (χ3v) is 11.7. The maximum Gasteiger partial charge on any atom is 0.0258 e. The summed E-state index contributed by atoms with van der Waals surface area (Å²) in [6, 6.07) is 9.16. The monoisotopic (exact) mass is 531 g/mol. The molecule has 6 heteroatoms. The highest BCUT2D eigenvalue weighted by atomic mass is 15.4. The second-order valence-electron chi connectivity index (χ2n) is 14.9. The van der Waals surface area contributed by atoms with Crippen LogP contribution in [0.25, 0.3) is 0 Å². The molecule has 7 rings (SSSR count). The van der Waals surface area contributed by atoms with Gasteiger partial charge in [0.15, 0.2) is 0 Å². The second kappa shape index (κ2) is 11.9. The maximum absolute atomic E-state index is 2.82. The van der Waals surface area contributed by atoms with Gasteiger partial charge >= 0.3 is 0 Å². The normalized spacial score (nSPS) is 41.7. The molecule has 8 atom stereocenters. The molecule has 0 N–H and O–H groups in total. The summed E-state index contributed by atoms with van der Waals surface area (Å²) in [5.74, 6) is 0. The SMILES string of the molecule is CC(C)N1C2CCC1C1CCC2N1C.CC(C)N1C2CCC1CN(C)C2.CC(C)N1CC2CCC(C1)N2C. The Morgan fingerprint density at radius 1 is 0.421 bits per heavy atom. The van der Waals surface area contributed by atoms with Gasteiger partial charge in [0, 0.05) is 92.6 Å². The van der Waals surface area contributed by atoms with Gasteiger partial charge in [-0.1, -0.05) is 0 Å². The highest BCUT2D eigenvalue weighted by molar-refractivity contribution is 5.10. The van der Waals surface area contributed by atoms with E-state index in [0.717, 1.165) is 66.5 Å². The van der Waals surface area contributed by atoms with E-state index in [1.807, 2.05) is 0 Å². The average molecular weight is 531 g/mol. The average Bonchev–Trinajstić information content (AvgIpc) is 3.49. The van der Waals surface area contributed by atoms with E-state index in [0.29, 0.717) is 0 Å². The number of nitrogens with zero attached hydrogens (tertiary/aromatic N) is 6. The Kier molecular flexibility index (Phi) is 9.19. The summed E-state index contributed by atoms with van der Waals surface area (Å²) < 4.78 is 0. The molecule has 0 aliphatic carbocycles. The molecular weight excluding hydrogens is 468 g/mol. The number of hydrogen-bond acceptors (Lipinski definition) is 6. The fourth-order valence-electron chi connectivity index (χ4n) is 9.91. The molecule has 7 aliphatic rings. The molecule has 220 valence electrons. The fourth-order valence-corrected chi connectivity index (χ4v) is 9.91. The number of likely N-dealkylation sites (N-methyl/N-ethyl adjacent to an activating group) is 3. The molecule has 0 aromatic heterocycles. The van der Waals surface area contributed by atoms with Crippen LogP contribution in [0.1, 0.15) is 92.9 Å². The highest BCUT2D eigenvalue weighted by Crippen LogP contribution is 2.45. The predicted octanol–water partition coefficient (Wildman–Crippen LogP) is 4.05. The van der Waals surface area contributed by atoms with E-state index in [2.05, 4.69) is 92.1 Å². The zero-order valence-corrected chi connectivity index (χ0v) is 26.5. The van der Waals surface area contributed by atoms with Crippen molar-refractivity contribution in [3.63, 3.8) is 0 Å². The van der Waals surface area contributed by atoms with Gasteiger partial charge in [-0.05, 0) is 114 Å². The smallest absolute Gasteiger partial charge is 0.0258 e. The molecule has 0 aromatic rings. The molecule has 7 saturated heterocycles. The molecule has 0 saturated carbocycles. The number of rotatable bonds is 3. The molecule has 7 heterocycles. The first-order chi connectivity index (χ1) is 18.1. The van der Waals surface area contributed by atoms with E-state index in [4.69, 9.17) is 0 Å². The third kappa shape index (κ3) is 5.61. The topological polar surface area (TPSA) is 19.4 Å². The number of likely N-dealkylation sites (tertiary alicyclic amines) is 2. The lowest BCUT2D eigenvalue weighted by molar-refractivity contribution is 0.00468. The second-order valence-corrected chi connectivity index (χ2v) is 14.9. The Morgan fingerprint density at radius 3 is 1.26 bits per heavy atom. The molecular formula is C32H62N6. The molecule has 0 spiro atoms. The van der Waals surface area contributed by atoms with Crippen molar-refractivity contribution >= 4 is 0 Å².